The summed E-state index contributed by atoms with van der Waals surface area (Å²) in [6.07, 6.45) is 0. The third kappa shape index (κ3) is 7.57. The van der Waals surface area contributed by atoms with E-state index in [0.29, 0.717) is 0 Å². The molecule has 19 aromatic carbocycles. The van der Waals surface area contributed by atoms with E-state index in [1.165, 1.54) is 185 Å². The van der Waals surface area contributed by atoms with Gasteiger partial charge in [-0.3, -0.25) is 0 Å². The summed E-state index contributed by atoms with van der Waals surface area (Å²) in [5.41, 5.74) is 15.2. The minimum atomic E-state index is 0.0196. The molecule has 0 bridgehead atoms. The smallest absolute Gasteiger partial charge is 0.135 e. The van der Waals surface area contributed by atoms with E-state index >= 15 is 0 Å². The van der Waals surface area contributed by atoms with Gasteiger partial charge in [0, 0.05) is 16.2 Å². The fraction of sp³-hybridized carbons (Fsp3) is 0.0337. The summed E-state index contributed by atoms with van der Waals surface area (Å²) in [6.45, 7) is 4.71. The van der Waals surface area contributed by atoms with Crippen molar-refractivity contribution in [1.29, 1.82) is 0 Å². The SMILES string of the molecule is CC1(C)c2ccccc2-c2ccc(-c3ccc4ccc5cccc6ccc3c4c56)cc21.c1cc2ccc3ccc(-c4ccc5oc6ccccc6c5c4)c4ccc(c1)c2c34.c1ccc2c(c1)ccc1cc(-c3ccc4ccc5cccc6ccc3c4c56)ccc12. The number of hydrogen-bond donors (Lipinski definition) is 0. The molecule has 0 saturated heterocycles. The van der Waals surface area contributed by atoms with E-state index in [0.717, 1.165) is 11.2 Å². The van der Waals surface area contributed by atoms with Crippen molar-refractivity contribution in [1.82, 2.24) is 0 Å². The highest BCUT2D eigenvalue weighted by atomic mass is 16.3. The van der Waals surface area contributed by atoms with Crippen molar-refractivity contribution in [2.24, 2.45) is 0 Å². The summed E-state index contributed by atoms with van der Waals surface area (Å²) in [7, 11) is 0. The van der Waals surface area contributed by atoms with Crippen LogP contribution >= 0.6 is 0 Å². The Morgan fingerprint density at radius 2 is 0.556 bits per heavy atom. The van der Waals surface area contributed by atoms with Gasteiger partial charge in [-0.2, -0.15) is 0 Å². The average Bonchev–Trinajstić information content (AvgIpc) is 2.09. The first-order valence-electron chi connectivity index (χ1n) is 31.4. The summed E-state index contributed by atoms with van der Waals surface area (Å²) in [6, 6.07) is 111. The lowest BCUT2D eigenvalue weighted by Gasteiger charge is -2.22. The first-order chi connectivity index (χ1) is 44.4. The molecule has 1 heterocycles. The molecule has 1 aliphatic rings. The second kappa shape index (κ2) is 19.3. The molecule has 0 unspecified atom stereocenters. The Morgan fingerprint density at radius 3 is 1.13 bits per heavy atom. The van der Waals surface area contributed by atoms with Crippen LogP contribution in [0.25, 0.3) is 185 Å². The molecule has 0 N–H and O–H groups in total. The van der Waals surface area contributed by atoms with Gasteiger partial charge in [0.2, 0.25) is 0 Å². The highest BCUT2D eigenvalue weighted by Crippen LogP contribution is 2.51. The average molecular weight is 1140 g/mol. The predicted octanol–water partition coefficient (Wildman–Crippen LogP) is 25.3. The zero-order valence-electron chi connectivity index (χ0n) is 49.8. The van der Waals surface area contributed by atoms with E-state index in [1.807, 2.05) is 12.1 Å². The zero-order chi connectivity index (χ0) is 59.3. The summed E-state index contributed by atoms with van der Waals surface area (Å²) >= 11 is 0. The summed E-state index contributed by atoms with van der Waals surface area (Å²) in [5, 5.41) is 31.5. The topological polar surface area (TPSA) is 13.1 Å². The van der Waals surface area contributed by atoms with Crippen LogP contribution in [0.5, 0.6) is 0 Å². The third-order valence-electron chi connectivity index (χ3n) is 20.2. The van der Waals surface area contributed by atoms with Gasteiger partial charge < -0.3 is 4.42 Å². The quantitative estimate of drug-likeness (QED) is 0.161. The fourth-order valence-electron chi connectivity index (χ4n) is 15.9. The van der Waals surface area contributed by atoms with Crippen molar-refractivity contribution in [3.63, 3.8) is 0 Å². The van der Waals surface area contributed by atoms with Gasteiger partial charge >= 0.3 is 0 Å². The second-order valence-electron chi connectivity index (χ2n) is 25.4. The number of furan rings is 1. The Hall–Kier alpha value is -11.4. The molecule has 1 heteroatoms. The van der Waals surface area contributed by atoms with Crippen molar-refractivity contribution < 1.29 is 4.42 Å². The van der Waals surface area contributed by atoms with Gasteiger partial charge in [0.1, 0.15) is 11.2 Å². The second-order valence-corrected chi connectivity index (χ2v) is 25.4. The lowest BCUT2D eigenvalue weighted by Crippen LogP contribution is -2.14. The molecule has 418 valence electrons. The molecule has 21 rings (SSSR count). The minimum Gasteiger partial charge on any atom is -0.456 e. The number of rotatable bonds is 3. The summed E-state index contributed by atoms with van der Waals surface area (Å²) in [4.78, 5) is 0. The van der Waals surface area contributed by atoms with Crippen LogP contribution in [0, 0.1) is 0 Å². The van der Waals surface area contributed by atoms with Crippen LogP contribution in [0.1, 0.15) is 25.0 Å². The predicted molar refractivity (Wildman–Crippen MR) is 387 cm³/mol. The molecule has 0 atom stereocenters. The first kappa shape index (κ1) is 50.7. The highest BCUT2D eigenvalue weighted by molar-refractivity contribution is 6.28. The molecule has 90 heavy (non-hydrogen) atoms. The molecule has 0 spiro atoms. The van der Waals surface area contributed by atoms with E-state index < -0.39 is 0 Å². The minimum absolute atomic E-state index is 0.0196. The van der Waals surface area contributed by atoms with E-state index in [-0.39, 0.29) is 5.41 Å². The monoisotopic (exact) mass is 1140 g/mol. The van der Waals surface area contributed by atoms with E-state index in [2.05, 4.69) is 305 Å². The van der Waals surface area contributed by atoms with Gasteiger partial charge in [-0.1, -0.05) is 287 Å². The lowest BCUT2D eigenvalue weighted by atomic mass is 9.81. The largest absolute Gasteiger partial charge is 0.456 e. The Morgan fingerprint density at radius 1 is 0.200 bits per heavy atom. The first-order valence-corrected chi connectivity index (χ1v) is 31.4. The van der Waals surface area contributed by atoms with Crippen molar-refractivity contribution >= 4 is 140 Å². The maximum absolute atomic E-state index is 6.02. The number of hydrogen-bond acceptors (Lipinski definition) is 1. The van der Waals surface area contributed by atoms with Gasteiger partial charge in [0.15, 0.2) is 0 Å². The van der Waals surface area contributed by atoms with Crippen molar-refractivity contribution in [3.8, 4) is 44.5 Å². The van der Waals surface area contributed by atoms with Gasteiger partial charge in [-0.25, -0.2) is 0 Å². The standard InChI is InChI=1S/C31H22.C30H18.C28H16O/c1-31(2)27-9-4-3-8-24(27)25-16-14-22(18-28(25)31)23-15-12-21-11-10-19-6-5-7-20-13-17-26(23)30(21)29(19)20;1-2-7-25-19(4-1)8-11-23-18-24(14-16-26(23)25)27-15-12-22-10-9-20-5-3-6-21-13-17-28(27)30(22)29(20)21;1-2-7-25-22(6-1)24-16-20(12-15-26(24)29-25)21-13-10-19-9-8-17-4-3-5-18-11-14-23(21)28(19)27(17)18/h3-18H,1-2H3;1-18H;1-16H. The summed E-state index contributed by atoms with van der Waals surface area (Å²) < 4.78 is 6.02. The molecular formula is C89H56O. The van der Waals surface area contributed by atoms with Crippen LogP contribution in [0.2, 0.25) is 0 Å². The molecular weight excluding hydrogens is 1080 g/mol. The van der Waals surface area contributed by atoms with E-state index in [9.17, 15) is 0 Å². The zero-order valence-corrected chi connectivity index (χ0v) is 49.8. The molecule has 0 saturated carbocycles. The molecule has 0 amide bonds. The van der Waals surface area contributed by atoms with Gasteiger partial charge in [0.05, 0.1) is 0 Å². The molecule has 1 nitrogen and oxygen atoms in total. The normalized spacial score (nSPS) is 12.9. The Bertz CT molecular complexity index is 6260. The van der Waals surface area contributed by atoms with Gasteiger partial charge in [-0.05, 0) is 204 Å². The fourth-order valence-corrected chi connectivity index (χ4v) is 15.9. The van der Waals surface area contributed by atoms with Gasteiger partial charge in [0.25, 0.3) is 0 Å². The van der Waals surface area contributed by atoms with Crippen molar-refractivity contribution in [3.05, 3.63) is 314 Å². The van der Waals surface area contributed by atoms with E-state index in [4.69, 9.17) is 4.42 Å². The van der Waals surface area contributed by atoms with Crippen LogP contribution in [-0.2, 0) is 5.41 Å². The van der Waals surface area contributed by atoms with Crippen molar-refractivity contribution in [2.75, 3.05) is 0 Å². The lowest BCUT2D eigenvalue weighted by molar-refractivity contribution is 0.660. The van der Waals surface area contributed by atoms with Crippen LogP contribution in [0.4, 0.5) is 0 Å². The Kier molecular flexibility index (Phi) is 10.9. The van der Waals surface area contributed by atoms with Gasteiger partial charge in [-0.15, -0.1) is 0 Å². The van der Waals surface area contributed by atoms with E-state index in [1.54, 1.807) is 0 Å². The molecule has 20 aromatic rings. The molecule has 0 radical (unpaired) electrons. The Balaban J connectivity index is 0.0000000972. The number of para-hydroxylation sites is 1. The third-order valence-corrected chi connectivity index (χ3v) is 20.2. The van der Waals surface area contributed by atoms with Crippen LogP contribution < -0.4 is 0 Å². The Labute approximate surface area is 519 Å². The molecule has 0 aliphatic heterocycles. The molecule has 1 aliphatic carbocycles. The maximum Gasteiger partial charge on any atom is 0.135 e. The summed E-state index contributed by atoms with van der Waals surface area (Å²) in [5.74, 6) is 0. The highest BCUT2D eigenvalue weighted by Gasteiger charge is 2.35. The van der Waals surface area contributed by atoms with Crippen molar-refractivity contribution in [2.45, 2.75) is 19.3 Å². The maximum atomic E-state index is 6.02. The van der Waals surface area contributed by atoms with Crippen LogP contribution in [-0.4, -0.2) is 0 Å². The number of fused-ring (bicyclic) bond motifs is 9. The molecule has 0 fully saturated rings. The number of benzene rings is 19. The van der Waals surface area contributed by atoms with Crippen LogP contribution in [0.3, 0.4) is 0 Å². The van der Waals surface area contributed by atoms with Crippen LogP contribution in [0.15, 0.2) is 308 Å². The molecule has 1 aromatic heterocycles.